The lowest BCUT2D eigenvalue weighted by molar-refractivity contribution is 0.0700. The van der Waals surface area contributed by atoms with E-state index < -0.39 is 0 Å². The smallest absolute Gasteiger partial charge is 0.270 e. The normalized spacial score (nSPS) is 18.7. The quantitative estimate of drug-likeness (QED) is 0.840. The number of halogens is 1. The molecule has 2 aromatic rings. The summed E-state index contributed by atoms with van der Waals surface area (Å²) in [6.07, 6.45) is 3.81. The van der Waals surface area contributed by atoms with Crippen LogP contribution in [0.15, 0.2) is 16.7 Å². The summed E-state index contributed by atoms with van der Waals surface area (Å²) in [5.74, 6) is 2.63. The van der Waals surface area contributed by atoms with Gasteiger partial charge in [0, 0.05) is 49.8 Å². The standard InChI is InChI=1S/C16H21BrN6O/c1-21-10-12(17)8-13(21)16(24)22-5-2-11(3-6-22)15-20-19-14-9-18-4-7-23(14)15/h8,10-11,18H,2-7,9H2,1H3. The lowest BCUT2D eigenvalue weighted by atomic mass is 9.95. The molecule has 4 rings (SSSR count). The van der Waals surface area contributed by atoms with Crippen molar-refractivity contribution < 1.29 is 4.79 Å². The number of likely N-dealkylation sites (tertiary alicyclic amines) is 1. The van der Waals surface area contributed by atoms with Gasteiger partial charge in [-0.05, 0) is 34.8 Å². The van der Waals surface area contributed by atoms with Gasteiger partial charge in [0.15, 0.2) is 0 Å². The molecular formula is C16H21BrN6O. The van der Waals surface area contributed by atoms with Crippen LogP contribution in [0.4, 0.5) is 0 Å². The number of carbonyl (C=O) groups is 1. The van der Waals surface area contributed by atoms with Gasteiger partial charge in [-0.25, -0.2) is 0 Å². The van der Waals surface area contributed by atoms with Crippen molar-refractivity contribution in [3.05, 3.63) is 34.1 Å². The molecule has 0 radical (unpaired) electrons. The zero-order chi connectivity index (χ0) is 16.7. The fourth-order valence-corrected chi connectivity index (χ4v) is 4.18. The van der Waals surface area contributed by atoms with Gasteiger partial charge in [-0.15, -0.1) is 10.2 Å². The van der Waals surface area contributed by atoms with Gasteiger partial charge in [-0.1, -0.05) is 0 Å². The number of aromatic nitrogens is 4. The predicted molar refractivity (Wildman–Crippen MR) is 92.7 cm³/mol. The summed E-state index contributed by atoms with van der Waals surface area (Å²) in [5, 5.41) is 12.1. The second kappa shape index (κ2) is 6.33. The van der Waals surface area contributed by atoms with E-state index in [-0.39, 0.29) is 5.91 Å². The van der Waals surface area contributed by atoms with Crippen molar-refractivity contribution in [2.45, 2.75) is 31.8 Å². The highest BCUT2D eigenvalue weighted by atomic mass is 79.9. The minimum atomic E-state index is 0.106. The number of piperidine rings is 1. The van der Waals surface area contributed by atoms with Gasteiger partial charge in [0.2, 0.25) is 0 Å². The van der Waals surface area contributed by atoms with Gasteiger partial charge in [-0.3, -0.25) is 4.79 Å². The van der Waals surface area contributed by atoms with Crippen molar-refractivity contribution >= 4 is 21.8 Å². The lowest BCUT2D eigenvalue weighted by Gasteiger charge is -2.32. The van der Waals surface area contributed by atoms with Crippen LogP contribution in [0, 0.1) is 0 Å². The summed E-state index contributed by atoms with van der Waals surface area (Å²) in [5.41, 5.74) is 0.728. The van der Waals surface area contributed by atoms with E-state index in [4.69, 9.17) is 0 Å². The summed E-state index contributed by atoms with van der Waals surface area (Å²) in [6, 6.07) is 1.89. The van der Waals surface area contributed by atoms with Crippen molar-refractivity contribution in [2.24, 2.45) is 7.05 Å². The highest BCUT2D eigenvalue weighted by molar-refractivity contribution is 9.10. The first-order valence-electron chi connectivity index (χ1n) is 8.37. The average molecular weight is 393 g/mol. The molecule has 1 fully saturated rings. The molecule has 2 aliphatic heterocycles. The molecular weight excluding hydrogens is 372 g/mol. The van der Waals surface area contributed by atoms with Gasteiger partial charge < -0.3 is 19.4 Å². The molecule has 0 atom stereocenters. The molecule has 2 aromatic heterocycles. The Morgan fingerprint density at radius 3 is 2.79 bits per heavy atom. The number of fused-ring (bicyclic) bond motifs is 1. The van der Waals surface area contributed by atoms with Crippen LogP contribution in [-0.4, -0.2) is 49.8 Å². The number of hydrogen-bond donors (Lipinski definition) is 1. The van der Waals surface area contributed by atoms with E-state index in [0.29, 0.717) is 5.92 Å². The van der Waals surface area contributed by atoms with E-state index in [0.717, 1.165) is 67.4 Å². The molecule has 7 nitrogen and oxygen atoms in total. The number of hydrogen-bond acceptors (Lipinski definition) is 4. The van der Waals surface area contributed by atoms with Crippen molar-refractivity contribution in [3.63, 3.8) is 0 Å². The van der Waals surface area contributed by atoms with E-state index in [1.807, 2.05) is 28.8 Å². The number of carbonyl (C=O) groups excluding carboxylic acids is 1. The number of aryl methyl sites for hydroxylation is 1. The van der Waals surface area contributed by atoms with Gasteiger partial charge in [0.25, 0.3) is 5.91 Å². The van der Waals surface area contributed by atoms with Crippen LogP contribution in [-0.2, 0) is 20.1 Å². The fraction of sp³-hybridized carbons (Fsp3) is 0.562. The van der Waals surface area contributed by atoms with Crippen molar-refractivity contribution in [3.8, 4) is 0 Å². The average Bonchev–Trinajstić information content (AvgIpc) is 3.17. The molecule has 2 aliphatic rings. The predicted octanol–water partition coefficient (Wildman–Crippen LogP) is 1.50. The minimum absolute atomic E-state index is 0.106. The number of nitrogens with zero attached hydrogens (tertiary/aromatic N) is 5. The second-order valence-electron chi connectivity index (χ2n) is 6.52. The molecule has 0 aliphatic carbocycles. The van der Waals surface area contributed by atoms with Gasteiger partial charge >= 0.3 is 0 Å². The van der Waals surface area contributed by atoms with Gasteiger partial charge in [0.1, 0.15) is 17.3 Å². The molecule has 1 N–H and O–H groups in total. The monoisotopic (exact) mass is 392 g/mol. The van der Waals surface area contributed by atoms with Crippen molar-refractivity contribution in [2.75, 3.05) is 19.6 Å². The Kier molecular flexibility index (Phi) is 4.17. The van der Waals surface area contributed by atoms with E-state index in [9.17, 15) is 4.79 Å². The maximum absolute atomic E-state index is 12.7. The summed E-state index contributed by atoms with van der Waals surface area (Å²) in [4.78, 5) is 14.7. The van der Waals surface area contributed by atoms with Crippen LogP contribution in [0.25, 0.3) is 0 Å². The fourth-order valence-electron chi connectivity index (χ4n) is 3.66. The minimum Gasteiger partial charge on any atom is -0.345 e. The molecule has 8 heteroatoms. The van der Waals surface area contributed by atoms with Gasteiger partial charge in [0.05, 0.1) is 6.54 Å². The molecule has 0 spiro atoms. The summed E-state index contributed by atoms with van der Waals surface area (Å²) < 4.78 is 5.07. The van der Waals surface area contributed by atoms with Crippen molar-refractivity contribution in [1.29, 1.82) is 0 Å². The Labute approximate surface area is 149 Å². The van der Waals surface area contributed by atoms with Gasteiger partial charge in [-0.2, -0.15) is 0 Å². The Balaban J connectivity index is 1.44. The molecule has 4 heterocycles. The van der Waals surface area contributed by atoms with E-state index in [1.54, 1.807) is 0 Å². The zero-order valence-corrected chi connectivity index (χ0v) is 15.3. The highest BCUT2D eigenvalue weighted by Gasteiger charge is 2.29. The number of amides is 1. The highest BCUT2D eigenvalue weighted by Crippen LogP contribution is 2.28. The first kappa shape index (κ1) is 15.8. The summed E-state index contributed by atoms with van der Waals surface area (Å²) in [7, 11) is 1.90. The molecule has 0 bridgehead atoms. The van der Waals surface area contributed by atoms with E-state index >= 15 is 0 Å². The molecule has 0 unspecified atom stereocenters. The first-order valence-corrected chi connectivity index (χ1v) is 9.16. The molecule has 24 heavy (non-hydrogen) atoms. The molecule has 0 saturated carbocycles. The maximum Gasteiger partial charge on any atom is 0.270 e. The third-order valence-corrected chi connectivity index (χ3v) is 5.42. The van der Waals surface area contributed by atoms with Crippen molar-refractivity contribution in [1.82, 2.24) is 29.5 Å². The van der Waals surface area contributed by atoms with Crippen LogP contribution >= 0.6 is 15.9 Å². The summed E-state index contributed by atoms with van der Waals surface area (Å²) in [6.45, 7) is 4.25. The largest absolute Gasteiger partial charge is 0.345 e. The SMILES string of the molecule is Cn1cc(Br)cc1C(=O)N1CCC(c2nnc3n2CCNC3)CC1. The second-order valence-corrected chi connectivity index (χ2v) is 7.44. The Hall–Kier alpha value is -1.67. The van der Waals surface area contributed by atoms with Crippen LogP contribution in [0.2, 0.25) is 0 Å². The molecule has 1 saturated heterocycles. The lowest BCUT2D eigenvalue weighted by Crippen LogP contribution is -2.39. The Bertz CT molecular complexity index is 759. The molecule has 0 aromatic carbocycles. The molecule has 128 valence electrons. The number of nitrogens with one attached hydrogen (secondary N) is 1. The molecule has 1 amide bonds. The zero-order valence-electron chi connectivity index (χ0n) is 13.7. The summed E-state index contributed by atoms with van der Waals surface area (Å²) >= 11 is 3.43. The first-order chi connectivity index (χ1) is 11.6. The van der Waals surface area contributed by atoms with Crippen LogP contribution in [0.1, 0.15) is 40.9 Å². The van der Waals surface area contributed by atoms with Crippen LogP contribution < -0.4 is 5.32 Å². The van der Waals surface area contributed by atoms with Crippen LogP contribution in [0.5, 0.6) is 0 Å². The third kappa shape index (κ3) is 2.77. The Morgan fingerprint density at radius 2 is 2.08 bits per heavy atom. The van der Waals surface area contributed by atoms with Crippen LogP contribution in [0.3, 0.4) is 0 Å². The maximum atomic E-state index is 12.7. The van der Waals surface area contributed by atoms with E-state index in [1.165, 1.54) is 0 Å². The third-order valence-electron chi connectivity index (χ3n) is 4.99. The Morgan fingerprint density at radius 1 is 1.29 bits per heavy atom. The number of rotatable bonds is 2. The topological polar surface area (TPSA) is 68.0 Å². The van der Waals surface area contributed by atoms with E-state index in [2.05, 4.69) is 36.0 Å².